The first kappa shape index (κ1) is 15.2. The highest BCUT2D eigenvalue weighted by molar-refractivity contribution is 5.73. The number of aromatic nitrogens is 2. The number of hydrogen-bond acceptors (Lipinski definition) is 1. The number of aryl methyl sites for hydroxylation is 2. The second-order valence-corrected chi connectivity index (χ2v) is 6.85. The standard InChI is InChI=1S/C24H20N2/c1-2-8-18(9-3-1)20-11-6-12-21(16-20)23-17-26-15-7-13-19-10-4-5-14-22(19)24(26)25-23/h1-6,8-12,14,16-17H,7,13,15H2. The van der Waals surface area contributed by atoms with Crippen molar-refractivity contribution in [2.45, 2.75) is 19.4 Å². The van der Waals surface area contributed by atoms with Crippen LogP contribution in [0.1, 0.15) is 12.0 Å². The highest BCUT2D eigenvalue weighted by atomic mass is 15.1. The van der Waals surface area contributed by atoms with E-state index in [1.807, 2.05) is 0 Å². The molecule has 5 rings (SSSR count). The van der Waals surface area contributed by atoms with Gasteiger partial charge in [-0.2, -0.15) is 0 Å². The van der Waals surface area contributed by atoms with Crippen molar-refractivity contribution in [2.75, 3.05) is 0 Å². The predicted octanol–water partition coefficient (Wildman–Crippen LogP) is 5.83. The lowest BCUT2D eigenvalue weighted by molar-refractivity contribution is 0.662. The van der Waals surface area contributed by atoms with E-state index in [4.69, 9.17) is 4.98 Å². The van der Waals surface area contributed by atoms with E-state index < -0.39 is 0 Å². The SMILES string of the molecule is c1ccc(-c2cccc(-c3cn4c(n3)-c3ccccc3CCC4)c2)cc1. The first-order chi connectivity index (χ1) is 12.9. The summed E-state index contributed by atoms with van der Waals surface area (Å²) in [5.74, 6) is 1.10. The number of imidazole rings is 1. The molecule has 2 heteroatoms. The van der Waals surface area contributed by atoms with E-state index in [-0.39, 0.29) is 0 Å². The van der Waals surface area contributed by atoms with Gasteiger partial charge in [-0.05, 0) is 35.6 Å². The number of fused-ring (bicyclic) bond motifs is 3. The van der Waals surface area contributed by atoms with Crippen molar-refractivity contribution in [3.05, 3.63) is 90.6 Å². The van der Waals surface area contributed by atoms with Crippen LogP contribution in [0.3, 0.4) is 0 Å². The highest BCUT2D eigenvalue weighted by Crippen LogP contribution is 2.32. The molecule has 1 aliphatic heterocycles. The van der Waals surface area contributed by atoms with Crippen LogP contribution in [0.4, 0.5) is 0 Å². The summed E-state index contributed by atoms with van der Waals surface area (Å²) >= 11 is 0. The average molecular weight is 336 g/mol. The van der Waals surface area contributed by atoms with Crippen LogP contribution in [-0.4, -0.2) is 9.55 Å². The molecule has 4 aromatic rings. The van der Waals surface area contributed by atoms with Crippen molar-refractivity contribution in [2.24, 2.45) is 0 Å². The molecule has 0 N–H and O–H groups in total. The van der Waals surface area contributed by atoms with Crippen LogP contribution in [-0.2, 0) is 13.0 Å². The van der Waals surface area contributed by atoms with Gasteiger partial charge in [-0.3, -0.25) is 0 Å². The van der Waals surface area contributed by atoms with Crippen molar-refractivity contribution in [1.82, 2.24) is 9.55 Å². The van der Waals surface area contributed by atoms with E-state index in [0.717, 1.165) is 30.9 Å². The minimum absolute atomic E-state index is 1.02. The molecule has 3 aromatic carbocycles. The topological polar surface area (TPSA) is 17.8 Å². The van der Waals surface area contributed by atoms with Crippen molar-refractivity contribution in [1.29, 1.82) is 0 Å². The van der Waals surface area contributed by atoms with E-state index in [9.17, 15) is 0 Å². The second kappa shape index (κ2) is 6.30. The lowest BCUT2D eigenvalue weighted by Crippen LogP contribution is -1.95. The fourth-order valence-corrected chi connectivity index (χ4v) is 3.83. The molecule has 0 radical (unpaired) electrons. The van der Waals surface area contributed by atoms with Crippen LogP contribution in [0, 0.1) is 0 Å². The molecule has 0 saturated heterocycles. The molecule has 0 spiro atoms. The summed E-state index contributed by atoms with van der Waals surface area (Å²) in [5, 5.41) is 0. The Kier molecular flexibility index (Phi) is 3.67. The second-order valence-electron chi connectivity index (χ2n) is 6.85. The molecule has 0 fully saturated rings. The molecule has 2 nitrogen and oxygen atoms in total. The van der Waals surface area contributed by atoms with Crippen LogP contribution >= 0.6 is 0 Å². The Bertz CT molecular complexity index is 1060. The smallest absolute Gasteiger partial charge is 0.140 e. The quantitative estimate of drug-likeness (QED) is 0.450. The number of nitrogens with zero attached hydrogens (tertiary/aromatic N) is 2. The lowest BCUT2D eigenvalue weighted by atomic mass is 10.0. The Morgan fingerprint density at radius 2 is 1.50 bits per heavy atom. The monoisotopic (exact) mass is 336 g/mol. The zero-order valence-corrected chi connectivity index (χ0v) is 14.6. The maximum absolute atomic E-state index is 5.02. The number of hydrogen-bond donors (Lipinski definition) is 0. The average Bonchev–Trinajstić information content (AvgIpc) is 3.06. The van der Waals surface area contributed by atoms with Gasteiger partial charge in [0.1, 0.15) is 5.82 Å². The van der Waals surface area contributed by atoms with Crippen molar-refractivity contribution in [3.8, 4) is 33.8 Å². The van der Waals surface area contributed by atoms with Gasteiger partial charge in [-0.25, -0.2) is 4.98 Å². The predicted molar refractivity (Wildman–Crippen MR) is 107 cm³/mol. The fourth-order valence-electron chi connectivity index (χ4n) is 3.83. The molecule has 26 heavy (non-hydrogen) atoms. The van der Waals surface area contributed by atoms with E-state index in [0.29, 0.717) is 0 Å². The van der Waals surface area contributed by atoms with Gasteiger partial charge in [0.05, 0.1) is 5.69 Å². The highest BCUT2D eigenvalue weighted by Gasteiger charge is 2.17. The van der Waals surface area contributed by atoms with Crippen LogP contribution in [0.15, 0.2) is 85.1 Å². The molecule has 0 aliphatic carbocycles. The zero-order chi connectivity index (χ0) is 17.3. The molecule has 0 unspecified atom stereocenters. The summed E-state index contributed by atoms with van der Waals surface area (Å²) in [7, 11) is 0. The summed E-state index contributed by atoms with van der Waals surface area (Å²) in [6.45, 7) is 1.02. The van der Waals surface area contributed by atoms with Crippen LogP contribution in [0.5, 0.6) is 0 Å². The third-order valence-corrected chi connectivity index (χ3v) is 5.15. The Hall–Kier alpha value is -3.13. The molecular formula is C24H20N2. The van der Waals surface area contributed by atoms with Crippen LogP contribution in [0.2, 0.25) is 0 Å². The largest absolute Gasteiger partial charge is 0.330 e. The van der Waals surface area contributed by atoms with E-state index in [1.54, 1.807) is 0 Å². The molecule has 126 valence electrons. The Morgan fingerprint density at radius 3 is 2.42 bits per heavy atom. The van der Waals surface area contributed by atoms with Gasteiger partial charge < -0.3 is 4.57 Å². The van der Waals surface area contributed by atoms with Crippen molar-refractivity contribution in [3.63, 3.8) is 0 Å². The van der Waals surface area contributed by atoms with Crippen molar-refractivity contribution < 1.29 is 0 Å². The maximum atomic E-state index is 5.02. The Labute approximate surface area is 153 Å². The lowest BCUT2D eigenvalue weighted by Gasteiger charge is -2.05. The Morgan fingerprint density at radius 1 is 0.731 bits per heavy atom. The van der Waals surface area contributed by atoms with Gasteiger partial charge in [-0.15, -0.1) is 0 Å². The van der Waals surface area contributed by atoms with E-state index >= 15 is 0 Å². The number of benzene rings is 3. The van der Waals surface area contributed by atoms with Gasteiger partial charge in [0.25, 0.3) is 0 Å². The molecule has 0 atom stereocenters. The summed E-state index contributed by atoms with van der Waals surface area (Å²) in [4.78, 5) is 5.02. The molecule has 1 aliphatic rings. The zero-order valence-electron chi connectivity index (χ0n) is 14.6. The molecule has 1 aromatic heterocycles. The third kappa shape index (κ3) is 2.64. The van der Waals surface area contributed by atoms with Gasteiger partial charge in [0, 0.05) is 23.9 Å². The van der Waals surface area contributed by atoms with Crippen LogP contribution < -0.4 is 0 Å². The molecule has 0 bridgehead atoms. The van der Waals surface area contributed by atoms with Crippen molar-refractivity contribution >= 4 is 0 Å². The first-order valence-corrected chi connectivity index (χ1v) is 9.20. The van der Waals surface area contributed by atoms with Gasteiger partial charge in [0.15, 0.2) is 0 Å². The number of rotatable bonds is 2. The van der Waals surface area contributed by atoms with Gasteiger partial charge in [0.2, 0.25) is 0 Å². The van der Waals surface area contributed by atoms with Gasteiger partial charge in [-0.1, -0.05) is 72.8 Å². The molecule has 0 saturated carbocycles. The molecular weight excluding hydrogens is 316 g/mol. The molecule has 0 amide bonds. The van der Waals surface area contributed by atoms with Crippen LogP contribution in [0.25, 0.3) is 33.8 Å². The minimum atomic E-state index is 1.02. The fraction of sp³-hybridized carbons (Fsp3) is 0.125. The normalized spacial score (nSPS) is 12.9. The van der Waals surface area contributed by atoms with Gasteiger partial charge >= 0.3 is 0 Å². The first-order valence-electron chi connectivity index (χ1n) is 9.20. The molecule has 2 heterocycles. The van der Waals surface area contributed by atoms with E-state index in [2.05, 4.69) is 89.6 Å². The minimum Gasteiger partial charge on any atom is -0.330 e. The Balaban J connectivity index is 1.60. The summed E-state index contributed by atoms with van der Waals surface area (Å²) < 4.78 is 2.32. The summed E-state index contributed by atoms with van der Waals surface area (Å²) in [6.07, 6.45) is 4.49. The summed E-state index contributed by atoms with van der Waals surface area (Å²) in [6, 6.07) is 27.9. The third-order valence-electron chi connectivity index (χ3n) is 5.15. The van der Waals surface area contributed by atoms with E-state index in [1.165, 1.54) is 27.8 Å². The maximum Gasteiger partial charge on any atom is 0.140 e. The summed E-state index contributed by atoms with van der Waals surface area (Å²) in [5.41, 5.74) is 7.36.